The number of benzene rings is 4. The molecule has 0 heterocycles. The first-order chi connectivity index (χ1) is 21.1. The molecule has 1 fully saturated rings. The highest BCUT2D eigenvalue weighted by Gasteiger charge is 2.47. The van der Waals surface area contributed by atoms with E-state index < -0.39 is 14.2 Å². The van der Waals surface area contributed by atoms with E-state index in [0.717, 1.165) is 35.8 Å². The quantitative estimate of drug-likeness (QED) is 0.209. The summed E-state index contributed by atoms with van der Waals surface area (Å²) in [5, 5.41) is 4.72. The first kappa shape index (κ1) is 35.0. The Kier molecular flexibility index (Phi) is 9.13. The van der Waals surface area contributed by atoms with Crippen molar-refractivity contribution >= 4 is 30.1 Å². The van der Waals surface area contributed by atoms with Gasteiger partial charge in [0.2, 0.25) is 0 Å². The standard InChI is InChI=1S/C42H55O3P/c1-38(2,3)31-18-16-27-23-33(35(40(7,8)9)25-29(27)21-31)34-15-13-14-20-42(34,45-46(43)44)37-24-28-17-19-32(39(4,5)6)22-30(28)26-36(37)41(10,11)12/h16-19,21-26,34H,13-15,20H2,1-12H3/q-2. The predicted octanol–water partition coefficient (Wildman–Crippen LogP) is 10.7. The van der Waals surface area contributed by atoms with Crippen molar-refractivity contribution in [3.05, 3.63) is 94.0 Å². The molecule has 0 saturated heterocycles. The highest BCUT2D eigenvalue weighted by molar-refractivity contribution is 7.36. The molecule has 0 amide bonds. The Morgan fingerprint density at radius 3 is 1.57 bits per heavy atom. The van der Waals surface area contributed by atoms with E-state index in [1.54, 1.807) is 0 Å². The summed E-state index contributed by atoms with van der Waals surface area (Å²) in [6.07, 6.45) is 3.46. The van der Waals surface area contributed by atoms with Crippen molar-refractivity contribution in [2.24, 2.45) is 0 Å². The molecule has 0 bridgehead atoms. The second-order valence-electron chi connectivity index (χ2n) is 18.0. The van der Waals surface area contributed by atoms with Gasteiger partial charge in [-0.25, -0.2) is 0 Å². The smallest absolute Gasteiger partial charge is 0.101 e. The summed E-state index contributed by atoms with van der Waals surface area (Å²) in [5.41, 5.74) is 5.94. The van der Waals surface area contributed by atoms with Crippen molar-refractivity contribution in [2.75, 3.05) is 0 Å². The first-order valence-electron chi connectivity index (χ1n) is 17.1. The Morgan fingerprint density at radius 2 is 1.09 bits per heavy atom. The SMILES string of the molecule is CC(C)(C)c1ccc2cc(C3CCCCC3(OP([O-])[O-])c3cc4ccc(C(C)(C)C)cc4cc3C(C)(C)C)c(C(C)(C)C)cc2c1. The van der Waals surface area contributed by atoms with Crippen LogP contribution >= 0.6 is 8.60 Å². The first-order valence-corrected chi connectivity index (χ1v) is 18.2. The molecule has 0 spiro atoms. The van der Waals surface area contributed by atoms with Crippen LogP contribution in [0.5, 0.6) is 0 Å². The van der Waals surface area contributed by atoms with Gasteiger partial charge in [0.05, 0.1) is 0 Å². The van der Waals surface area contributed by atoms with E-state index in [9.17, 15) is 9.79 Å². The van der Waals surface area contributed by atoms with Crippen LogP contribution in [0.25, 0.3) is 21.5 Å². The molecule has 2 unspecified atom stereocenters. The number of hydrogen-bond donors (Lipinski definition) is 0. The van der Waals surface area contributed by atoms with Gasteiger partial charge in [-0.15, -0.1) is 0 Å². The minimum atomic E-state index is -3.11. The molecule has 0 aromatic heterocycles. The monoisotopic (exact) mass is 638 g/mol. The van der Waals surface area contributed by atoms with E-state index in [1.807, 2.05) is 0 Å². The van der Waals surface area contributed by atoms with Gasteiger partial charge in [0.1, 0.15) is 5.60 Å². The minimum absolute atomic E-state index is 0.0294. The second kappa shape index (κ2) is 12.0. The van der Waals surface area contributed by atoms with Crippen LogP contribution in [-0.4, -0.2) is 0 Å². The van der Waals surface area contributed by atoms with Gasteiger partial charge < -0.3 is 14.3 Å². The zero-order valence-corrected chi connectivity index (χ0v) is 31.2. The molecule has 0 aliphatic heterocycles. The van der Waals surface area contributed by atoms with Crippen molar-refractivity contribution in [1.29, 1.82) is 0 Å². The van der Waals surface area contributed by atoms with Gasteiger partial charge >= 0.3 is 0 Å². The lowest BCUT2D eigenvalue weighted by Gasteiger charge is -2.52. The molecule has 248 valence electrons. The Bertz CT molecular complexity index is 1740. The van der Waals surface area contributed by atoms with Crippen LogP contribution in [0.3, 0.4) is 0 Å². The third kappa shape index (κ3) is 6.82. The molecule has 4 heteroatoms. The predicted molar refractivity (Wildman–Crippen MR) is 194 cm³/mol. The fourth-order valence-corrected chi connectivity index (χ4v) is 8.20. The van der Waals surface area contributed by atoms with E-state index in [-0.39, 0.29) is 27.6 Å². The van der Waals surface area contributed by atoms with Gasteiger partial charge in [-0.1, -0.05) is 151 Å². The molecule has 3 nitrogen and oxygen atoms in total. The third-order valence-electron chi connectivity index (χ3n) is 10.3. The lowest BCUT2D eigenvalue weighted by atomic mass is 9.63. The van der Waals surface area contributed by atoms with Crippen LogP contribution < -0.4 is 9.79 Å². The van der Waals surface area contributed by atoms with Crippen molar-refractivity contribution in [3.63, 3.8) is 0 Å². The Labute approximate surface area is 279 Å². The van der Waals surface area contributed by atoms with Gasteiger partial charge in [0, 0.05) is 5.92 Å². The van der Waals surface area contributed by atoms with E-state index >= 15 is 0 Å². The fraction of sp³-hybridized carbons (Fsp3) is 0.524. The maximum Gasteiger partial charge on any atom is 0.101 e. The van der Waals surface area contributed by atoms with Crippen LogP contribution in [0.15, 0.2) is 60.7 Å². The Hall–Kier alpha value is -2.29. The third-order valence-corrected chi connectivity index (χ3v) is 10.7. The van der Waals surface area contributed by atoms with Gasteiger partial charge in [0.25, 0.3) is 0 Å². The van der Waals surface area contributed by atoms with E-state index in [4.69, 9.17) is 4.52 Å². The van der Waals surface area contributed by atoms with Crippen LogP contribution in [0, 0.1) is 0 Å². The van der Waals surface area contributed by atoms with Gasteiger partial charge in [-0.05, 0) is 95.5 Å². The largest absolute Gasteiger partial charge is 0.820 e. The summed E-state index contributed by atoms with van der Waals surface area (Å²) in [5.74, 6) is -0.123. The molecule has 4 aromatic rings. The summed E-state index contributed by atoms with van der Waals surface area (Å²) in [6, 6.07) is 22.8. The van der Waals surface area contributed by atoms with E-state index in [0.29, 0.717) is 6.42 Å². The summed E-state index contributed by atoms with van der Waals surface area (Å²) in [4.78, 5) is 25.7. The van der Waals surface area contributed by atoms with Gasteiger partial charge in [-0.2, -0.15) is 8.60 Å². The highest BCUT2D eigenvalue weighted by Crippen LogP contribution is 2.57. The summed E-state index contributed by atoms with van der Waals surface area (Å²) >= 11 is 0. The number of hydrogen-bond acceptors (Lipinski definition) is 3. The Balaban J connectivity index is 1.83. The second-order valence-corrected chi connectivity index (χ2v) is 18.6. The molecule has 4 aromatic carbocycles. The minimum Gasteiger partial charge on any atom is -0.820 e. The zero-order chi connectivity index (χ0) is 34.0. The van der Waals surface area contributed by atoms with Crippen molar-refractivity contribution in [2.45, 2.75) is 142 Å². The fourth-order valence-electron chi connectivity index (χ4n) is 7.62. The number of rotatable bonds is 4. The average Bonchev–Trinajstić information content (AvgIpc) is 2.93. The van der Waals surface area contributed by atoms with Crippen molar-refractivity contribution in [1.82, 2.24) is 0 Å². The lowest BCUT2D eigenvalue weighted by molar-refractivity contribution is -0.329. The molecule has 1 saturated carbocycles. The molecule has 1 aliphatic carbocycles. The van der Waals surface area contributed by atoms with E-state index in [2.05, 4.69) is 144 Å². The molecule has 46 heavy (non-hydrogen) atoms. The highest BCUT2D eigenvalue weighted by atomic mass is 31.2. The maximum absolute atomic E-state index is 12.8. The number of fused-ring (bicyclic) bond motifs is 2. The van der Waals surface area contributed by atoms with E-state index in [1.165, 1.54) is 38.4 Å². The Morgan fingerprint density at radius 1 is 0.587 bits per heavy atom. The molecule has 2 atom stereocenters. The molecular formula is C42H55O3P-2. The zero-order valence-electron chi connectivity index (χ0n) is 30.4. The van der Waals surface area contributed by atoms with Crippen LogP contribution in [0.1, 0.15) is 148 Å². The van der Waals surface area contributed by atoms with Gasteiger partial charge in [0.15, 0.2) is 0 Å². The van der Waals surface area contributed by atoms with Crippen LogP contribution in [0.2, 0.25) is 0 Å². The lowest BCUT2D eigenvalue weighted by Crippen LogP contribution is -2.42. The summed E-state index contributed by atoms with van der Waals surface area (Å²) in [6.45, 7) is 27.0. The molecule has 0 radical (unpaired) electrons. The van der Waals surface area contributed by atoms with Crippen LogP contribution in [-0.2, 0) is 31.8 Å². The molecular weight excluding hydrogens is 583 g/mol. The van der Waals surface area contributed by atoms with Crippen molar-refractivity contribution in [3.8, 4) is 0 Å². The van der Waals surface area contributed by atoms with Gasteiger partial charge in [-0.3, -0.25) is 0 Å². The topological polar surface area (TPSA) is 55.3 Å². The molecule has 1 aliphatic rings. The summed E-state index contributed by atoms with van der Waals surface area (Å²) in [7, 11) is -3.11. The van der Waals surface area contributed by atoms with Crippen LogP contribution in [0.4, 0.5) is 0 Å². The van der Waals surface area contributed by atoms with Crippen molar-refractivity contribution < 1.29 is 14.3 Å². The molecule has 5 rings (SSSR count). The average molecular weight is 639 g/mol. The summed E-state index contributed by atoms with van der Waals surface area (Å²) < 4.78 is 6.39. The molecule has 0 N–H and O–H groups in total. The maximum atomic E-state index is 12.8. The normalized spacial score (nSPS) is 20.2.